The zero-order valence-electron chi connectivity index (χ0n) is 8.26. The standard InChI is InChI=1S/C9H10O5S.Li.H/c1-7-3-5-8(6-4-7)15(11,12)14-9(10)13-2;;/h3-6H,1-2H3;;. The van der Waals surface area contributed by atoms with Gasteiger partial charge in [0.1, 0.15) is 4.90 Å². The van der Waals surface area contributed by atoms with Gasteiger partial charge >= 0.3 is 35.1 Å². The maximum atomic E-state index is 11.4. The molecule has 0 radical (unpaired) electrons. The molecule has 0 aromatic heterocycles. The zero-order chi connectivity index (χ0) is 11.5. The van der Waals surface area contributed by atoms with Gasteiger partial charge in [-0.3, -0.25) is 0 Å². The fraction of sp³-hybridized carbons (Fsp3) is 0.222. The van der Waals surface area contributed by atoms with Crippen LogP contribution in [0.3, 0.4) is 0 Å². The SMILES string of the molecule is COC(=O)OS(=O)(=O)c1ccc(C)cc1.[LiH]. The van der Waals surface area contributed by atoms with E-state index in [0.29, 0.717) is 0 Å². The number of benzene rings is 1. The van der Waals surface area contributed by atoms with Gasteiger partial charge in [0.25, 0.3) is 0 Å². The normalized spacial score (nSPS) is 10.1. The molecule has 1 aromatic carbocycles. The van der Waals surface area contributed by atoms with Crippen molar-refractivity contribution in [1.82, 2.24) is 0 Å². The molecule has 16 heavy (non-hydrogen) atoms. The Morgan fingerprint density at radius 1 is 1.19 bits per heavy atom. The third-order valence-electron chi connectivity index (χ3n) is 1.65. The summed E-state index contributed by atoms with van der Waals surface area (Å²) in [5.41, 5.74) is 0.909. The van der Waals surface area contributed by atoms with Crippen molar-refractivity contribution in [2.45, 2.75) is 11.8 Å². The predicted octanol–water partition coefficient (Wildman–Crippen LogP) is 0.818. The van der Waals surface area contributed by atoms with Crippen molar-refractivity contribution in [3.8, 4) is 0 Å². The number of ether oxygens (including phenoxy) is 1. The predicted molar refractivity (Wildman–Crippen MR) is 59.0 cm³/mol. The van der Waals surface area contributed by atoms with Gasteiger partial charge in [0.15, 0.2) is 0 Å². The molecule has 0 aliphatic carbocycles. The maximum absolute atomic E-state index is 11.4. The fourth-order valence-corrected chi connectivity index (χ4v) is 1.69. The molecule has 0 heterocycles. The zero-order valence-corrected chi connectivity index (χ0v) is 9.08. The van der Waals surface area contributed by atoms with Crippen molar-refractivity contribution in [2.75, 3.05) is 7.11 Å². The molecule has 0 bridgehead atoms. The molecule has 0 N–H and O–H groups in total. The van der Waals surface area contributed by atoms with Crippen LogP contribution < -0.4 is 0 Å². The number of carbonyl (C=O) groups excluding carboxylic acids is 1. The van der Waals surface area contributed by atoms with Gasteiger partial charge in [0, 0.05) is 0 Å². The quantitative estimate of drug-likeness (QED) is 0.433. The summed E-state index contributed by atoms with van der Waals surface area (Å²) in [6.07, 6.45) is -1.25. The molecule has 1 rings (SSSR count). The summed E-state index contributed by atoms with van der Waals surface area (Å²) in [5, 5.41) is 0. The third-order valence-corrected chi connectivity index (χ3v) is 2.86. The van der Waals surface area contributed by atoms with Gasteiger partial charge in [-0.2, -0.15) is 8.42 Å². The van der Waals surface area contributed by atoms with Crippen LogP contribution >= 0.6 is 0 Å². The minimum absolute atomic E-state index is 0. The summed E-state index contributed by atoms with van der Waals surface area (Å²) in [6.45, 7) is 1.82. The van der Waals surface area contributed by atoms with E-state index in [2.05, 4.69) is 8.92 Å². The van der Waals surface area contributed by atoms with Crippen molar-refractivity contribution < 1.29 is 22.1 Å². The van der Waals surface area contributed by atoms with Crippen LogP contribution in [0.25, 0.3) is 0 Å². The van der Waals surface area contributed by atoms with Gasteiger partial charge in [0.2, 0.25) is 0 Å². The van der Waals surface area contributed by atoms with Crippen LogP contribution in [-0.2, 0) is 19.0 Å². The van der Waals surface area contributed by atoms with Crippen molar-refractivity contribution in [3.05, 3.63) is 29.8 Å². The van der Waals surface area contributed by atoms with Crippen LogP contribution in [0.15, 0.2) is 29.2 Å². The Bertz CT molecular complexity index is 451. The summed E-state index contributed by atoms with van der Waals surface area (Å²) in [5.74, 6) is 0. The molecule has 0 unspecified atom stereocenters. The Labute approximate surface area is 106 Å². The minimum atomic E-state index is -4.06. The molecule has 0 saturated heterocycles. The molecule has 7 heteroatoms. The second kappa shape index (κ2) is 5.94. The molecule has 1 aromatic rings. The summed E-state index contributed by atoms with van der Waals surface area (Å²) < 4.78 is 31.0. The second-order valence-corrected chi connectivity index (χ2v) is 4.35. The molecular weight excluding hydrogens is 227 g/mol. The van der Waals surface area contributed by atoms with Crippen LogP contribution in [-0.4, -0.2) is 40.5 Å². The van der Waals surface area contributed by atoms with Crippen molar-refractivity contribution in [2.24, 2.45) is 0 Å². The van der Waals surface area contributed by atoms with E-state index in [1.807, 2.05) is 6.92 Å². The monoisotopic (exact) mass is 238 g/mol. The summed E-state index contributed by atoms with van der Waals surface area (Å²) in [6, 6.07) is 5.92. The topological polar surface area (TPSA) is 69.7 Å². The average molecular weight is 238 g/mol. The summed E-state index contributed by atoms with van der Waals surface area (Å²) in [4.78, 5) is 10.6. The van der Waals surface area contributed by atoms with Crippen LogP contribution in [0.2, 0.25) is 0 Å². The number of rotatable bonds is 2. The van der Waals surface area contributed by atoms with E-state index >= 15 is 0 Å². The average Bonchev–Trinajstić information content (AvgIpc) is 2.17. The first kappa shape index (κ1) is 15.0. The Morgan fingerprint density at radius 3 is 2.12 bits per heavy atom. The van der Waals surface area contributed by atoms with E-state index in [1.54, 1.807) is 12.1 Å². The van der Waals surface area contributed by atoms with Gasteiger partial charge < -0.3 is 8.92 Å². The van der Waals surface area contributed by atoms with E-state index in [-0.39, 0.29) is 23.8 Å². The van der Waals surface area contributed by atoms with Crippen molar-refractivity contribution >= 4 is 35.1 Å². The molecule has 5 nitrogen and oxygen atoms in total. The molecule has 0 saturated carbocycles. The Morgan fingerprint density at radius 2 is 1.69 bits per heavy atom. The van der Waals surface area contributed by atoms with Gasteiger partial charge in [-0.25, -0.2) is 4.79 Å². The molecule has 0 amide bonds. The molecule has 0 aliphatic heterocycles. The first-order chi connectivity index (χ1) is 6.95. The van der Waals surface area contributed by atoms with E-state index in [0.717, 1.165) is 12.7 Å². The molecule has 84 valence electrons. The number of methoxy groups -OCH3 is 1. The molecule has 0 spiro atoms. The molecular formula is C9H11LiO5S. The van der Waals surface area contributed by atoms with Crippen LogP contribution in [0.4, 0.5) is 4.79 Å². The van der Waals surface area contributed by atoms with Crippen LogP contribution in [0, 0.1) is 6.92 Å². The van der Waals surface area contributed by atoms with Crippen molar-refractivity contribution in [1.29, 1.82) is 0 Å². The fourth-order valence-electron chi connectivity index (χ4n) is 0.877. The summed E-state index contributed by atoms with van der Waals surface area (Å²) >= 11 is 0. The van der Waals surface area contributed by atoms with Gasteiger partial charge in [-0.1, -0.05) is 17.7 Å². The molecule has 0 aliphatic rings. The van der Waals surface area contributed by atoms with E-state index in [4.69, 9.17) is 0 Å². The number of hydrogen-bond donors (Lipinski definition) is 0. The number of hydrogen-bond acceptors (Lipinski definition) is 5. The van der Waals surface area contributed by atoms with Crippen LogP contribution in [0.5, 0.6) is 0 Å². The van der Waals surface area contributed by atoms with E-state index in [1.165, 1.54) is 12.1 Å². The molecule has 0 fully saturated rings. The van der Waals surface area contributed by atoms with Gasteiger partial charge in [-0.05, 0) is 19.1 Å². The third kappa shape index (κ3) is 3.89. The van der Waals surface area contributed by atoms with Crippen LogP contribution in [0.1, 0.15) is 5.56 Å². The first-order valence-electron chi connectivity index (χ1n) is 4.05. The Balaban J connectivity index is 0.00000225. The van der Waals surface area contributed by atoms with Gasteiger partial charge in [-0.15, -0.1) is 0 Å². The van der Waals surface area contributed by atoms with E-state index < -0.39 is 16.3 Å². The number of aryl methyl sites for hydroxylation is 1. The Kier molecular flexibility index (Phi) is 5.59. The van der Waals surface area contributed by atoms with Crippen molar-refractivity contribution in [3.63, 3.8) is 0 Å². The summed E-state index contributed by atoms with van der Waals surface area (Å²) in [7, 11) is -3.03. The van der Waals surface area contributed by atoms with Gasteiger partial charge in [0.05, 0.1) is 7.11 Å². The second-order valence-electron chi connectivity index (χ2n) is 2.80. The molecule has 0 atom stereocenters. The van der Waals surface area contributed by atoms with E-state index in [9.17, 15) is 13.2 Å². The first-order valence-corrected chi connectivity index (χ1v) is 5.45. The number of carbonyl (C=O) groups is 1. The Hall–Kier alpha value is -0.963.